The van der Waals surface area contributed by atoms with Crippen molar-refractivity contribution in [2.75, 3.05) is 25.5 Å². The first-order valence-electron chi connectivity index (χ1n) is 8.98. The second-order valence-electron chi connectivity index (χ2n) is 6.65. The summed E-state index contributed by atoms with van der Waals surface area (Å²) in [4.78, 5) is 12.8. The molecule has 1 heterocycles. The third kappa shape index (κ3) is 5.22. The Morgan fingerprint density at radius 1 is 1.15 bits per heavy atom. The van der Waals surface area contributed by atoms with E-state index in [-0.39, 0.29) is 18.3 Å². The van der Waals surface area contributed by atoms with E-state index in [2.05, 4.69) is 29.7 Å². The van der Waals surface area contributed by atoms with Crippen molar-refractivity contribution in [1.29, 1.82) is 0 Å². The molecule has 0 atom stereocenters. The maximum absolute atomic E-state index is 12.8. The van der Waals surface area contributed by atoms with Gasteiger partial charge in [0.2, 0.25) is 0 Å². The summed E-state index contributed by atoms with van der Waals surface area (Å²) < 4.78 is 11.5. The summed E-state index contributed by atoms with van der Waals surface area (Å²) in [6.07, 6.45) is 1.33. The summed E-state index contributed by atoms with van der Waals surface area (Å²) in [5.41, 5.74) is 2.30. The van der Waals surface area contributed by atoms with Crippen LogP contribution in [0.2, 0.25) is 0 Å². The molecule has 1 amide bonds. The van der Waals surface area contributed by atoms with Crippen LogP contribution in [0, 0.1) is 6.92 Å². The monoisotopic (exact) mass is 390 g/mol. The number of hydrogen-bond acceptors (Lipinski definition) is 4. The number of rotatable bonds is 6. The van der Waals surface area contributed by atoms with Gasteiger partial charge in [-0.25, -0.2) is 0 Å². The van der Waals surface area contributed by atoms with Crippen LogP contribution in [-0.2, 0) is 16.1 Å². The number of anilines is 1. The van der Waals surface area contributed by atoms with Crippen LogP contribution in [0.1, 0.15) is 24.0 Å². The lowest BCUT2D eigenvalue weighted by molar-refractivity contribution is -0.140. The van der Waals surface area contributed by atoms with Crippen LogP contribution in [0.5, 0.6) is 5.75 Å². The van der Waals surface area contributed by atoms with Gasteiger partial charge in [-0.3, -0.25) is 4.79 Å². The average Bonchev–Trinajstić information content (AvgIpc) is 2.68. The molecule has 0 unspecified atom stereocenters. The Balaban J connectivity index is 0.00000261. The van der Waals surface area contributed by atoms with Gasteiger partial charge in [-0.2, -0.15) is 0 Å². The zero-order valence-corrected chi connectivity index (χ0v) is 16.6. The molecular formula is C21H27ClN2O3. The minimum Gasteiger partial charge on any atom is -0.489 e. The topological polar surface area (TPSA) is 59.6 Å². The van der Waals surface area contributed by atoms with Crippen LogP contribution in [0.25, 0.3) is 0 Å². The van der Waals surface area contributed by atoms with Gasteiger partial charge in [0, 0.05) is 18.9 Å². The van der Waals surface area contributed by atoms with E-state index in [4.69, 9.17) is 9.47 Å². The van der Waals surface area contributed by atoms with Crippen molar-refractivity contribution in [2.45, 2.75) is 32.0 Å². The van der Waals surface area contributed by atoms with Crippen molar-refractivity contribution in [1.82, 2.24) is 5.32 Å². The number of carbonyl (C=O) groups is 1. The van der Waals surface area contributed by atoms with Crippen molar-refractivity contribution in [2.24, 2.45) is 0 Å². The second-order valence-corrected chi connectivity index (χ2v) is 6.65. The van der Waals surface area contributed by atoms with Gasteiger partial charge in [0.05, 0.1) is 0 Å². The number of halogens is 1. The number of hydrogen-bond donors (Lipinski definition) is 2. The molecule has 0 spiro atoms. The van der Waals surface area contributed by atoms with Gasteiger partial charge in [0.25, 0.3) is 5.91 Å². The third-order valence-electron chi connectivity index (χ3n) is 4.96. The van der Waals surface area contributed by atoms with Crippen molar-refractivity contribution in [3.63, 3.8) is 0 Å². The molecule has 1 aliphatic rings. The van der Waals surface area contributed by atoms with Gasteiger partial charge in [-0.15, -0.1) is 12.4 Å². The molecule has 6 heteroatoms. The maximum Gasteiger partial charge on any atom is 0.256 e. The SMILES string of the molecule is COC1(C(=O)Nc2cccc(OCc3ccccc3C)c2)CCNCC1.Cl. The predicted molar refractivity (Wildman–Crippen MR) is 110 cm³/mol. The molecule has 2 aromatic carbocycles. The lowest BCUT2D eigenvalue weighted by atomic mass is 9.91. The zero-order valence-electron chi connectivity index (χ0n) is 15.8. The fourth-order valence-electron chi connectivity index (χ4n) is 3.20. The van der Waals surface area contributed by atoms with Crippen LogP contribution >= 0.6 is 12.4 Å². The van der Waals surface area contributed by atoms with Crippen molar-refractivity contribution < 1.29 is 14.3 Å². The normalized spacial score (nSPS) is 15.5. The fourth-order valence-corrected chi connectivity index (χ4v) is 3.20. The van der Waals surface area contributed by atoms with Gasteiger partial charge in [-0.05, 0) is 56.1 Å². The summed E-state index contributed by atoms with van der Waals surface area (Å²) in [7, 11) is 1.60. The first-order valence-corrected chi connectivity index (χ1v) is 8.98. The van der Waals surface area contributed by atoms with E-state index in [9.17, 15) is 4.79 Å². The van der Waals surface area contributed by atoms with Gasteiger partial charge >= 0.3 is 0 Å². The largest absolute Gasteiger partial charge is 0.489 e. The predicted octanol–water partition coefficient (Wildman–Crippen LogP) is 3.70. The Morgan fingerprint density at radius 3 is 2.59 bits per heavy atom. The Bertz CT molecular complexity index is 761. The molecule has 1 aliphatic heterocycles. The highest BCUT2D eigenvalue weighted by Crippen LogP contribution is 2.26. The minimum atomic E-state index is -0.761. The molecule has 1 fully saturated rings. The molecule has 0 radical (unpaired) electrons. The molecule has 146 valence electrons. The molecule has 27 heavy (non-hydrogen) atoms. The van der Waals surface area contributed by atoms with Gasteiger partial charge in [-0.1, -0.05) is 30.3 Å². The lowest BCUT2D eigenvalue weighted by Gasteiger charge is -2.34. The molecule has 2 N–H and O–H groups in total. The lowest BCUT2D eigenvalue weighted by Crippen LogP contribution is -2.51. The molecule has 0 aromatic heterocycles. The molecule has 1 saturated heterocycles. The van der Waals surface area contributed by atoms with Gasteiger partial charge < -0.3 is 20.1 Å². The number of amides is 1. The smallest absolute Gasteiger partial charge is 0.256 e. The molecule has 2 aromatic rings. The number of nitrogens with one attached hydrogen (secondary N) is 2. The highest BCUT2D eigenvalue weighted by atomic mass is 35.5. The van der Waals surface area contributed by atoms with E-state index in [0.717, 1.165) is 24.4 Å². The molecule has 3 rings (SSSR count). The molecular weight excluding hydrogens is 364 g/mol. The Morgan fingerprint density at radius 2 is 1.89 bits per heavy atom. The minimum absolute atomic E-state index is 0. The number of carbonyl (C=O) groups excluding carboxylic acids is 1. The fraction of sp³-hybridized carbons (Fsp3) is 0.381. The van der Waals surface area contributed by atoms with Crippen molar-refractivity contribution in [3.8, 4) is 5.75 Å². The Labute approximate surface area is 166 Å². The third-order valence-corrected chi connectivity index (χ3v) is 4.96. The number of methoxy groups -OCH3 is 1. The highest BCUT2D eigenvalue weighted by molar-refractivity contribution is 5.97. The van der Waals surface area contributed by atoms with E-state index in [1.165, 1.54) is 5.56 Å². The summed E-state index contributed by atoms with van der Waals surface area (Å²) in [5.74, 6) is 0.625. The van der Waals surface area contributed by atoms with Gasteiger partial charge in [0.1, 0.15) is 18.0 Å². The van der Waals surface area contributed by atoms with Gasteiger partial charge in [0.15, 0.2) is 0 Å². The summed E-state index contributed by atoms with van der Waals surface area (Å²) in [5, 5.41) is 6.24. The van der Waals surface area contributed by atoms with E-state index in [1.807, 2.05) is 36.4 Å². The summed E-state index contributed by atoms with van der Waals surface area (Å²) in [6.45, 7) is 4.12. The van der Waals surface area contributed by atoms with E-state index in [1.54, 1.807) is 7.11 Å². The van der Waals surface area contributed by atoms with Crippen LogP contribution in [0.4, 0.5) is 5.69 Å². The second kappa shape index (κ2) is 9.74. The Kier molecular flexibility index (Phi) is 7.66. The highest BCUT2D eigenvalue weighted by Gasteiger charge is 2.39. The molecule has 5 nitrogen and oxygen atoms in total. The molecule has 0 bridgehead atoms. The van der Waals surface area contributed by atoms with Crippen molar-refractivity contribution >= 4 is 24.0 Å². The standard InChI is InChI=1S/C21H26N2O3.ClH/c1-16-6-3-4-7-17(16)15-26-19-9-5-8-18(14-19)23-20(24)21(25-2)10-12-22-13-11-21;/h3-9,14,22H,10-13,15H2,1-2H3,(H,23,24);1H. The first-order chi connectivity index (χ1) is 12.6. The molecule has 0 aliphatic carbocycles. The number of aryl methyl sites for hydroxylation is 1. The van der Waals surface area contributed by atoms with Crippen LogP contribution in [0.15, 0.2) is 48.5 Å². The van der Waals surface area contributed by atoms with E-state index < -0.39 is 5.60 Å². The van der Waals surface area contributed by atoms with Crippen LogP contribution in [-0.4, -0.2) is 31.7 Å². The number of piperidine rings is 1. The average molecular weight is 391 g/mol. The van der Waals surface area contributed by atoms with E-state index >= 15 is 0 Å². The van der Waals surface area contributed by atoms with Crippen molar-refractivity contribution in [3.05, 3.63) is 59.7 Å². The molecule has 0 saturated carbocycles. The van der Waals surface area contributed by atoms with E-state index in [0.29, 0.717) is 25.1 Å². The Hall–Kier alpha value is -2.08. The summed E-state index contributed by atoms with van der Waals surface area (Å²) >= 11 is 0. The maximum atomic E-state index is 12.8. The first kappa shape index (κ1) is 21.2. The zero-order chi connectivity index (χ0) is 18.4. The summed E-state index contributed by atoms with van der Waals surface area (Å²) in [6, 6.07) is 15.6. The number of ether oxygens (including phenoxy) is 2. The van der Waals surface area contributed by atoms with Crippen LogP contribution in [0.3, 0.4) is 0 Å². The number of benzene rings is 2. The van der Waals surface area contributed by atoms with Crippen LogP contribution < -0.4 is 15.4 Å². The quantitative estimate of drug-likeness (QED) is 0.789.